The predicted molar refractivity (Wildman–Crippen MR) is 69.0 cm³/mol. The molecule has 0 spiro atoms. The molecule has 0 atom stereocenters. The molecule has 0 aliphatic carbocycles. The quantitative estimate of drug-likeness (QED) is 0.791. The molecule has 2 rings (SSSR count). The van der Waals surface area contributed by atoms with Gasteiger partial charge in [0.1, 0.15) is 5.69 Å². The molecule has 1 saturated heterocycles. The first-order valence-electron chi connectivity index (χ1n) is 5.40. The molecule has 92 valence electrons. The van der Waals surface area contributed by atoms with E-state index in [9.17, 15) is 4.79 Å². The molecule has 1 aliphatic heterocycles. The third-order valence-electron chi connectivity index (χ3n) is 2.76. The highest BCUT2D eigenvalue weighted by atomic mass is 35.5. The Morgan fingerprint density at radius 1 is 1.12 bits per heavy atom. The van der Waals surface area contributed by atoms with Gasteiger partial charge in [-0.25, -0.2) is 4.98 Å². The van der Waals surface area contributed by atoms with Crippen molar-refractivity contribution in [2.45, 2.75) is 19.3 Å². The summed E-state index contributed by atoms with van der Waals surface area (Å²) >= 11 is 17.6. The number of nitrogens with zero attached hydrogens (tertiary/aromatic N) is 2. The summed E-state index contributed by atoms with van der Waals surface area (Å²) in [4.78, 5) is 17.9. The highest BCUT2D eigenvalue weighted by Gasteiger charge is 2.23. The first-order valence-corrected chi connectivity index (χ1v) is 6.53. The van der Waals surface area contributed by atoms with Crippen molar-refractivity contribution in [2.75, 3.05) is 13.1 Å². The third kappa shape index (κ3) is 2.67. The maximum absolute atomic E-state index is 12.2. The summed E-state index contributed by atoms with van der Waals surface area (Å²) in [5.41, 5.74) is 0.183. The van der Waals surface area contributed by atoms with E-state index in [4.69, 9.17) is 34.8 Å². The fourth-order valence-electron chi connectivity index (χ4n) is 1.84. The summed E-state index contributed by atoms with van der Waals surface area (Å²) < 4.78 is 0. The second-order valence-corrected chi connectivity index (χ2v) is 5.10. The molecule has 0 bridgehead atoms. The van der Waals surface area contributed by atoms with Gasteiger partial charge in [-0.1, -0.05) is 34.8 Å². The zero-order valence-corrected chi connectivity index (χ0v) is 11.3. The van der Waals surface area contributed by atoms with Crippen molar-refractivity contribution >= 4 is 40.7 Å². The summed E-state index contributed by atoms with van der Waals surface area (Å²) in [6.07, 6.45) is 4.55. The highest BCUT2D eigenvalue weighted by molar-refractivity contribution is 6.48. The van der Waals surface area contributed by atoms with Crippen LogP contribution in [0.4, 0.5) is 0 Å². The zero-order chi connectivity index (χ0) is 12.4. The summed E-state index contributed by atoms with van der Waals surface area (Å²) in [6.45, 7) is 1.49. The van der Waals surface area contributed by atoms with Gasteiger partial charge in [-0.05, 0) is 19.3 Å². The van der Waals surface area contributed by atoms with Gasteiger partial charge in [0.2, 0.25) is 0 Å². The predicted octanol–water partition coefficient (Wildman–Crippen LogP) is 3.67. The van der Waals surface area contributed by atoms with Crippen molar-refractivity contribution in [3.8, 4) is 0 Å². The lowest BCUT2D eigenvalue weighted by Crippen LogP contribution is -2.36. The van der Waals surface area contributed by atoms with Crippen molar-refractivity contribution in [3.63, 3.8) is 0 Å². The van der Waals surface area contributed by atoms with Crippen LogP contribution in [0.1, 0.15) is 29.8 Å². The van der Waals surface area contributed by atoms with E-state index in [0.717, 1.165) is 32.4 Å². The average Bonchev–Trinajstić information content (AvgIpc) is 2.36. The number of pyridine rings is 1. The third-order valence-corrected chi connectivity index (χ3v) is 4.00. The van der Waals surface area contributed by atoms with Crippen molar-refractivity contribution in [2.24, 2.45) is 0 Å². The Labute approximate surface area is 115 Å². The molecule has 0 saturated carbocycles. The number of hydrogen-bond acceptors (Lipinski definition) is 2. The Kier molecular flexibility index (Phi) is 4.13. The van der Waals surface area contributed by atoms with Gasteiger partial charge in [-0.2, -0.15) is 0 Å². The molecule has 0 unspecified atom stereocenters. The van der Waals surface area contributed by atoms with E-state index in [0.29, 0.717) is 0 Å². The number of rotatable bonds is 1. The number of carbonyl (C=O) groups is 1. The van der Waals surface area contributed by atoms with Gasteiger partial charge in [0.25, 0.3) is 5.91 Å². The van der Waals surface area contributed by atoms with Crippen LogP contribution in [0.15, 0.2) is 6.20 Å². The number of piperidine rings is 1. The minimum atomic E-state index is -0.173. The standard InChI is InChI=1S/C11H11Cl3N2O/c12-7-6-15-10(9(14)8(7)13)11(17)16-4-2-1-3-5-16/h6H,1-5H2. The van der Waals surface area contributed by atoms with Gasteiger partial charge in [0.05, 0.1) is 15.1 Å². The lowest BCUT2D eigenvalue weighted by atomic mass is 10.1. The fraction of sp³-hybridized carbons (Fsp3) is 0.455. The van der Waals surface area contributed by atoms with E-state index < -0.39 is 0 Å². The Morgan fingerprint density at radius 3 is 2.41 bits per heavy atom. The smallest absolute Gasteiger partial charge is 0.274 e. The van der Waals surface area contributed by atoms with Gasteiger partial charge >= 0.3 is 0 Å². The average molecular weight is 294 g/mol. The van der Waals surface area contributed by atoms with E-state index in [1.54, 1.807) is 4.90 Å². The molecule has 0 aromatic carbocycles. The van der Waals surface area contributed by atoms with Crippen LogP contribution >= 0.6 is 34.8 Å². The molecule has 1 amide bonds. The highest BCUT2D eigenvalue weighted by Crippen LogP contribution is 2.31. The maximum Gasteiger partial charge on any atom is 0.274 e. The van der Waals surface area contributed by atoms with Crippen LogP contribution < -0.4 is 0 Å². The second-order valence-electron chi connectivity index (χ2n) is 3.94. The summed E-state index contributed by atoms with van der Waals surface area (Å²) in [5.74, 6) is -0.173. The van der Waals surface area contributed by atoms with Crippen LogP contribution in [-0.2, 0) is 0 Å². The number of likely N-dealkylation sites (tertiary alicyclic amines) is 1. The summed E-state index contributed by atoms with van der Waals surface area (Å²) in [6, 6.07) is 0. The minimum Gasteiger partial charge on any atom is -0.337 e. The van der Waals surface area contributed by atoms with Crippen LogP contribution in [0.2, 0.25) is 15.1 Å². The summed E-state index contributed by atoms with van der Waals surface area (Å²) in [7, 11) is 0. The number of amides is 1. The number of hydrogen-bond donors (Lipinski definition) is 0. The summed E-state index contributed by atoms with van der Waals surface area (Å²) in [5, 5.41) is 0.574. The lowest BCUT2D eigenvalue weighted by molar-refractivity contribution is 0.0718. The van der Waals surface area contributed by atoms with Gasteiger partial charge in [0, 0.05) is 19.3 Å². The Balaban J connectivity index is 2.27. The van der Waals surface area contributed by atoms with Gasteiger partial charge < -0.3 is 4.90 Å². The largest absolute Gasteiger partial charge is 0.337 e. The molecule has 3 nitrogen and oxygen atoms in total. The Morgan fingerprint density at radius 2 is 1.76 bits per heavy atom. The van der Waals surface area contributed by atoms with Crippen LogP contribution in [-0.4, -0.2) is 28.9 Å². The normalized spacial score (nSPS) is 16.1. The first kappa shape index (κ1) is 12.9. The van der Waals surface area contributed by atoms with Crippen molar-refractivity contribution in [3.05, 3.63) is 27.0 Å². The zero-order valence-electron chi connectivity index (χ0n) is 9.05. The van der Waals surface area contributed by atoms with E-state index in [1.165, 1.54) is 6.20 Å². The molecule has 0 radical (unpaired) electrons. The van der Waals surface area contributed by atoms with Gasteiger partial charge in [-0.15, -0.1) is 0 Å². The molecule has 1 fully saturated rings. The second kappa shape index (κ2) is 5.42. The molecular formula is C11H11Cl3N2O. The molecular weight excluding hydrogens is 282 g/mol. The first-order chi connectivity index (χ1) is 8.11. The van der Waals surface area contributed by atoms with Crippen LogP contribution in [0.5, 0.6) is 0 Å². The van der Waals surface area contributed by atoms with Gasteiger partial charge in [0.15, 0.2) is 0 Å². The maximum atomic E-state index is 12.2. The van der Waals surface area contributed by atoms with E-state index in [-0.39, 0.29) is 26.7 Å². The van der Waals surface area contributed by atoms with Crippen molar-refractivity contribution in [1.29, 1.82) is 0 Å². The van der Waals surface area contributed by atoms with Crippen molar-refractivity contribution in [1.82, 2.24) is 9.88 Å². The number of aromatic nitrogens is 1. The molecule has 0 N–H and O–H groups in total. The topological polar surface area (TPSA) is 33.2 Å². The monoisotopic (exact) mass is 292 g/mol. The molecule has 1 aromatic heterocycles. The number of halogens is 3. The molecule has 1 aromatic rings. The lowest BCUT2D eigenvalue weighted by Gasteiger charge is -2.26. The Hall–Kier alpha value is -0.510. The molecule has 6 heteroatoms. The SMILES string of the molecule is O=C(c1ncc(Cl)c(Cl)c1Cl)N1CCCCC1. The van der Waals surface area contributed by atoms with Crippen LogP contribution in [0, 0.1) is 0 Å². The minimum absolute atomic E-state index is 0.134. The van der Waals surface area contributed by atoms with Crippen LogP contribution in [0.25, 0.3) is 0 Å². The Bertz CT molecular complexity index is 445. The van der Waals surface area contributed by atoms with E-state index in [1.807, 2.05) is 0 Å². The van der Waals surface area contributed by atoms with Crippen molar-refractivity contribution < 1.29 is 4.79 Å². The molecule has 2 heterocycles. The molecule has 1 aliphatic rings. The van der Waals surface area contributed by atoms with Crippen LogP contribution in [0.3, 0.4) is 0 Å². The number of carbonyl (C=O) groups excluding carboxylic acids is 1. The molecule has 17 heavy (non-hydrogen) atoms. The fourth-order valence-corrected chi connectivity index (χ4v) is 2.40. The van der Waals surface area contributed by atoms with E-state index >= 15 is 0 Å². The van der Waals surface area contributed by atoms with Gasteiger partial charge in [-0.3, -0.25) is 4.79 Å². The van der Waals surface area contributed by atoms with E-state index in [2.05, 4.69) is 4.98 Å².